The van der Waals surface area contributed by atoms with Gasteiger partial charge in [0.05, 0.1) is 5.75 Å². The molecule has 1 N–H and O–H groups in total. The van der Waals surface area contributed by atoms with E-state index >= 15 is 0 Å². The van der Waals surface area contributed by atoms with Crippen LogP contribution in [0.15, 0.2) is 59.5 Å². The summed E-state index contributed by atoms with van der Waals surface area (Å²) < 4.78 is 0. The SMILES string of the molecule is Oc1ccc(SCC#Cc2ccccc2)cc1. The van der Waals surface area contributed by atoms with E-state index in [9.17, 15) is 0 Å². The first-order valence-electron chi connectivity index (χ1n) is 5.30. The maximum atomic E-state index is 9.14. The normalized spacial score (nSPS) is 9.41. The monoisotopic (exact) mass is 240 g/mol. The molecule has 2 rings (SSSR count). The summed E-state index contributed by atoms with van der Waals surface area (Å²) in [5.41, 5.74) is 1.04. The molecule has 0 unspecified atom stereocenters. The molecular weight excluding hydrogens is 228 g/mol. The predicted molar refractivity (Wildman–Crippen MR) is 72.2 cm³/mol. The zero-order valence-corrected chi connectivity index (χ0v) is 10.1. The van der Waals surface area contributed by atoms with E-state index in [-0.39, 0.29) is 0 Å². The summed E-state index contributed by atoms with van der Waals surface area (Å²) >= 11 is 1.66. The fourth-order valence-corrected chi connectivity index (χ4v) is 1.96. The number of hydrogen-bond acceptors (Lipinski definition) is 2. The van der Waals surface area contributed by atoms with Crippen molar-refractivity contribution in [2.75, 3.05) is 5.75 Å². The first-order chi connectivity index (χ1) is 8.34. The number of rotatable bonds is 2. The van der Waals surface area contributed by atoms with Crippen LogP contribution in [-0.2, 0) is 0 Å². The average molecular weight is 240 g/mol. The molecule has 0 fully saturated rings. The first-order valence-corrected chi connectivity index (χ1v) is 6.29. The second-order valence-corrected chi connectivity index (χ2v) is 4.50. The largest absolute Gasteiger partial charge is 0.508 e. The number of phenolic OH excluding ortho intramolecular Hbond substituents is 1. The highest BCUT2D eigenvalue weighted by Gasteiger charge is 1.91. The zero-order valence-electron chi connectivity index (χ0n) is 9.26. The molecule has 2 aromatic rings. The molecule has 17 heavy (non-hydrogen) atoms. The standard InChI is InChI=1S/C15H12OS/c16-14-8-10-15(11-9-14)17-12-4-7-13-5-2-1-3-6-13/h1-3,5-6,8-11,16H,12H2. The Bertz CT molecular complexity index is 520. The van der Waals surface area contributed by atoms with Crippen molar-refractivity contribution in [3.63, 3.8) is 0 Å². The molecule has 0 aliphatic rings. The molecule has 0 aliphatic heterocycles. The fraction of sp³-hybridized carbons (Fsp3) is 0.0667. The van der Waals surface area contributed by atoms with Gasteiger partial charge in [0.2, 0.25) is 0 Å². The second-order valence-electron chi connectivity index (χ2n) is 3.45. The highest BCUT2D eigenvalue weighted by molar-refractivity contribution is 7.99. The minimum Gasteiger partial charge on any atom is -0.508 e. The third-order valence-corrected chi connectivity index (χ3v) is 3.05. The maximum absolute atomic E-state index is 9.14. The summed E-state index contributed by atoms with van der Waals surface area (Å²) in [6.07, 6.45) is 0. The number of thioether (sulfide) groups is 1. The number of hydrogen-bond donors (Lipinski definition) is 1. The number of phenols is 1. The van der Waals surface area contributed by atoms with Gasteiger partial charge >= 0.3 is 0 Å². The Morgan fingerprint density at radius 3 is 2.35 bits per heavy atom. The number of benzene rings is 2. The Balaban J connectivity index is 1.88. The van der Waals surface area contributed by atoms with Crippen LogP contribution in [0.3, 0.4) is 0 Å². The number of aromatic hydroxyl groups is 1. The molecule has 0 bridgehead atoms. The minimum atomic E-state index is 0.296. The lowest BCUT2D eigenvalue weighted by atomic mass is 10.2. The van der Waals surface area contributed by atoms with Crippen LogP contribution in [-0.4, -0.2) is 10.9 Å². The van der Waals surface area contributed by atoms with Crippen molar-refractivity contribution in [1.82, 2.24) is 0 Å². The molecular formula is C15H12OS. The third kappa shape index (κ3) is 3.90. The molecule has 0 amide bonds. The van der Waals surface area contributed by atoms with Crippen LogP contribution in [0.25, 0.3) is 0 Å². The summed E-state index contributed by atoms with van der Waals surface area (Å²) in [6.45, 7) is 0. The highest BCUT2D eigenvalue weighted by Crippen LogP contribution is 2.19. The van der Waals surface area contributed by atoms with E-state index in [0.29, 0.717) is 5.75 Å². The molecule has 0 aromatic heterocycles. The molecule has 84 valence electrons. The highest BCUT2D eigenvalue weighted by atomic mass is 32.2. The van der Waals surface area contributed by atoms with E-state index in [1.54, 1.807) is 23.9 Å². The molecule has 2 aromatic carbocycles. The van der Waals surface area contributed by atoms with E-state index in [1.807, 2.05) is 42.5 Å². The lowest BCUT2D eigenvalue weighted by molar-refractivity contribution is 0.475. The van der Waals surface area contributed by atoms with Crippen molar-refractivity contribution in [3.05, 3.63) is 60.2 Å². The van der Waals surface area contributed by atoms with Gasteiger partial charge in [-0.3, -0.25) is 0 Å². The van der Waals surface area contributed by atoms with Gasteiger partial charge in [-0.25, -0.2) is 0 Å². The van der Waals surface area contributed by atoms with Crippen molar-refractivity contribution in [2.45, 2.75) is 4.90 Å². The van der Waals surface area contributed by atoms with Crippen molar-refractivity contribution < 1.29 is 5.11 Å². The maximum Gasteiger partial charge on any atom is 0.115 e. The molecule has 0 radical (unpaired) electrons. The quantitative estimate of drug-likeness (QED) is 0.640. The molecule has 0 spiro atoms. The Kier molecular flexibility index (Phi) is 4.12. The average Bonchev–Trinajstić information content (AvgIpc) is 2.38. The summed E-state index contributed by atoms with van der Waals surface area (Å²) in [7, 11) is 0. The lowest BCUT2D eigenvalue weighted by Crippen LogP contribution is -1.75. The van der Waals surface area contributed by atoms with E-state index < -0.39 is 0 Å². The smallest absolute Gasteiger partial charge is 0.115 e. The van der Waals surface area contributed by atoms with Crippen LogP contribution in [0.5, 0.6) is 5.75 Å². The van der Waals surface area contributed by atoms with Crippen LogP contribution in [0.4, 0.5) is 0 Å². The van der Waals surface area contributed by atoms with Gasteiger partial charge < -0.3 is 5.11 Å². The molecule has 0 atom stereocenters. The van der Waals surface area contributed by atoms with Crippen molar-refractivity contribution in [1.29, 1.82) is 0 Å². The molecule has 0 heterocycles. The van der Waals surface area contributed by atoms with Crippen LogP contribution in [0.2, 0.25) is 0 Å². The Morgan fingerprint density at radius 1 is 0.941 bits per heavy atom. The molecule has 2 heteroatoms. The van der Waals surface area contributed by atoms with E-state index in [0.717, 1.165) is 16.2 Å². The van der Waals surface area contributed by atoms with Crippen LogP contribution >= 0.6 is 11.8 Å². The second kappa shape index (κ2) is 6.03. The van der Waals surface area contributed by atoms with Crippen molar-refractivity contribution >= 4 is 11.8 Å². The van der Waals surface area contributed by atoms with Gasteiger partial charge in [0, 0.05) is 10.5 Å². The predicted octanol–water partition coefficient (Wildman–Crippen LogP) is 3.54. The molecule has 0 aliphatic carbocycles. The Morgan fingerprint density at radius 2 is 1.65 bits per heavy atom. The van der Waals surface area contributed by atoms with Crippen molar-refractivity contribution in [2.24, 2.45) is 0 Å². The van der Waals surface area contributed by atoms with E-state index in [4.69, 9.17) is 5.11 Å². The van der Waals surface area contributed by atoms with Gasteiger partial charge in [-0.15, -0.1) is 11.8 Å². The van der Waals surface area contributed by atoms with Crippen LogP contribution in [0, 0.1) is 11.8 Å². The van der Waals surface area contributed by atoms with E-state index in [2.05, 4.69) is 11.8 Å². The summed E-state index contributed by atoms with van der Waals surface area (Å²) in [5.74, 6) is 7.27. The van der Waals surface area contributed by atoms with Crippen molar-refractivity contribution in [3.8, 4) is 17.6 Å². The summed E-state index contributed by atoms with van der Waals surface area (Å²) in [5, 5.41) is 9.14. The van der Waals surface area contributed by atoms with Gasteiger partial charge in [-0.2, -0.15) is 0 Å². The molecule has 0 saturated carbocycles. The Labute approximate surface area is 105 Å². The van der Waals surface area contributed by atoms with Crippen LogP contribution < -0.4 is 0 Å². The summed E-state index contributed by atoms with van der Waals surface area (Å²) in [6, 6.07) is 17.1. The minimum absolute atomic E-state index is 0.296. The van der Waals surface area contributed by atoms with Gasteiger partial charge in [0.15, 0.2) is 0 Å². The van der Waals surface area contributed by atoms with Gasteiger partial charge in [0.1, 0.15) is 5.75 Å². The molecule has 1 nitrogen and oxygen atoms in total. The van der Waals surface area contributed by atoms with Gasteiger partial charge in [-0.05, 0) is 36.4 Å². The molecule has 0 saturated heterocycles. The van der Waals surface area contributed by atoms with Gasteiger partial charge in [-0.1, -0.05) is 30.0 Å². The zero-order chi connectivity index (χ0) is 11.9. The topological polar surface area (TPSA) is 20.2 Å². The first kappa shape index (κ1) is 11.6. The lowest BCUT2D eigenvalue weighted by Gasteiger charge is -1.96. The third-order valence-electron chi connectivity index (χ3n) is 2.15. The Hall–Kier alpha value is -1.85. The van der Waals surface area contributed by atoms with E-state index in [1.165, 1.54) is 0 Å². The summed E-state index contributed by atoms with van der Waals surface area (Å²) in [4.78, 5) is 1.12. The van der Waals surface area contributed by atoms with Gasteiger partial charge in [0.25, 0.3) is 0 Å². The fourth-order valence-electron chi connectivity index (χ4n) is 1.32. The van der Waals surface area contributed by atoms with Crippen LogP contribution in [0.1, 0.15) is 5.56 Å².